The molecule has 1 saturated carbocycles. The van der Waals surface area contributed by atoms with Crippen LogP contribution in [0, 0.1) is 0 Å². The summed E-state index contributed by atoms with van der Waals surface area (Å²) in [4.78, 5) is 18.0. The molecule has 2 aliphatic carbocycles. The van der Waals surface area contributed by atoms with Crippen molar-refractivity contribution in [1.29, 1.82) is 0 Å². The molecule has 6 heteroatoms. The summed E-state index contributed by atoms with van der Waals surface area (Å²) in [5, 5.41) is 7.92. The van der Waals surface area contributed by atoms with E-state index in [2.05, 4.69) is 10.3 Å². The molecule has 0 spiro atoms. The Bertz CT molecular complexity index is 1250. The van der Waals surface area contributed by atoms with E-state index in [-0.39, 0.29) is 11.8 Å². The molecule has 0 bridgehead atoms. The summed E-state index contributed by atoms with van der Waals surface area (Å²) in [7, 11) is 0. The van der Waals surface area contributed by atoms with E-state index in [1.165, 1.54) is 0 Å². The van der Waals surface area contributed by atoms with Crippen molar-refractivity contribution >= 4 is 11.7 Å². The number of carbonyl (C=O) groups excluding carboxylic acids is 1. The Balaban J connectivity index is 1.39. The van der Waals surface area contributed by atoms with Crippen LogP contribution in [0.3, 0.4) is 0 Å². The molecule has 6 nitrogen and oxygen atoms in total. The standard InChI is InChI=1S/C25H22N4O2/c30-24(21-22(16-14-15-16)31-25(26-21)17-8-3-1-4-9-17)27-23-19-12-7-13-20(19)28-29(23)18-10-5-2-6-11-18/h1-6,8-11,16H,7,12-15H2,(H,27,30). The van der Waals surface area contributed by atoms with E-state index in [4.69, 9.17) is 9.52 Å². The van der Waals surface area contributed by atoms with Gasteiger partial charge in [0.1, 0.15) is 11.6 Å². The highest BCUT2D eigenvalue weighted by atomic mass is 16.4. The number of aryl methyl sites for hydroxylation is 1. The van der Waals surface area contributed by atoms with Crippen LogP contribution in [0.1, 0.15) is 52.7 Å². The molecule has 2 aromatic carbocycles. The predicted molar refractivity (Wildman–Crippen MR) is 117 cm³/mol. The number of anilines is 1. The van der Waals surface area contributed by atoms with Crippen LogP contribution in [0.15, 0.2) is 65.1 Å². The Morgan fingerprint density at radius 2 is 1.74 bits per heavy atom. The number of aromatic nitrogens is 3. The molecule has 0 atom stereocenters. The van der Waals surface area contributed by atoms with Crippen LogP contribution in [0.4, 0.5) is 5.82 Å². The molecule has 31 heavy (non-hydrogen) atoms. The maximum Gasteiger partial charge on any atom is 0.279 e. The number of rotatable bonds is 5. The predicted octanol–water partition coefficient (Wildman–Crippen LogP) is 5.15. The smallest absolute Gasteiger partial charge is 0.279 e. The zero-order valence-corrected chi connectivity index (χ0v) is 17.0. The summed E-state index contributed by atoms with van der Waals surface area (Å²) in [6, 6.07) is 19.6. The number of para-hydroxylation sites is 1. The number of nitrogens with one attached hydrogen (secondary N) is 1. The van der Waals surface area contributed by atoms with Gasteiger partial charge in [0.15, 0.2) is 5.69 Å². The van der Waals surface area contributed by atoms with Crippen LogP contribution in [0.5, 0.6) is 0 Å². The maximum atomic E-state index is 13.4. The monoisotopic (exact) mass is 410 g/mol. The van der Waals surface area contributed by atoms with E-state index in [1.54, 1.807) is 0 Å². The molecule has 2 heterocycles. The van der Waals surface area contributed by atoms with Gasteiger partial charge in [0.05, 0.1) is 11.4 Å². The molecule has 2 aliphatic rings. The summed E-state index contributed by atoms with van der Waals surface area (Å²) in [5.41, 5.74) is 4.37. The highest BCUT2D eigenvalue weighted by molar-refractivity contribution is 6.04. The number of oxazole rings is 1. The number of nitrogens with zero attached hydrogens (tertiary/aromatic N) is 3. The first-order valence-corrected chi connectivity index (χ1v) is 10.8. The lowest BCUT2D eigenvalue weighted by Gasteiger charge is -2.10. The second-order valence-corrected chi connectivity index (χ2v) is 8.20. The fraction of sp³-hybridized carbons (Fsp3) is 0.240. The van der Waals surface area contributed by atoms with Crippen molar-refractivity contribution in [2.75, 3.05) is 5.32 Å². The maximum absolute atomic E-state index is 13.4. The van der Waals surface area contributed by atoms with Crippen molar-refractivity contribution in [3.8, 4) is 17.1 Å². The topological polar surface area (TPSA) is 73.0 Å². The fourth-order valence-electron chi connectivity index (χ4n) is 4.26. The normalized spacial score (nSPS) is 15.1. The Morgan fingerprint density at radius 3 is 2.48 bits per heavy atom. The van der Waals surface area contributed by atoms with Crippen molar-refractivity contribution in [2.45, 2.75) is 38.0 Å². The lowest BCUT2D eigenvalue weighted by atomic mass is 10.2. The molecule has 0 unspecified atom stereocenters. The molecule has 0 aliphatic heterocycles. The SMILES string of the molecule is O=C(Nc1c2c(nn1-c1ccccc1)CCC2)c1nc(-c2ccccc2)oc1C1CC1. The highest BCUT2D eigenvalue weighted by Gasteiger charge is 2.35. The van der Waals surface area contributed by atoms with Gasteiger partial charge in [-0.15, -0.1) is 0 Å². The van der Waals surface area contributed by atoms with Crippen molar-refractivity contribution in [3.05, 3.63) is 83.4 Å². The summed E-state index contributed by atoms with van der Waals surface area (Å²) >= 11 is 0. The second kappa shape index (κ2) is 7.23. The minimum absolute atomic E-state index is 0.236. The van der Waals surface area contributed by atoms with Crippen molar-refractivity contribution in [2.24, 2.45) is 0 Å². The largest absolute Gasteiger partial charge is 0.440 e. The Hall–Kier alpha value is -3.67. The first kappa shape index (κ1) is 18.1. The van der Waals surface area contributed by atoms with Gasteiger partial charge < -0.3 is 9.73 Å². The minimum Gasteiger partial charge on any atom is -0.440 e. The summed E-state index contributed by atoms with van der Waals surface area (Å²) in [6.07, 6.45) is 4.97. The molecule has 0 saturated heterocycles. The van der Waals surface area contributed by atoms with E-state index in [9.17, 15) is 4.79 Å². The number of fused-ring (bicyclic) bond motifs is 1. The van der Waals surface area contributed by atoms with Crippen molar-refractivity contribution in [1.82, 2.24) is 14.8 Å². The molecule has 154 valence electrons. The number of benzene rings is 2. The Morgan fingerprint density at radius 1 is 1.00 bits per heavy atom. The molecule has 0 radical (unpaired) electrons. The molecule has 1 fully saturated rings. The first-order chi connectivity index (χ1) is 15.3. The molecule has 4 aromatic rings. The molecular weight excluding hydrogens is 388 g/mol. The summed E-state index contributed by atoms with van der Waals surface area (Å²) in [6.45, 7) is 0. The lowest BCUT2D eigenvalue weighted by molar-refractivity contribution is 0.102. The van der Waals surface area contributed by atoms with E-state index in [0.29, 0.717) is 17.3 Å². The third-order valence-corrected chi connectivity index (χ3v) is 5.98. The highest BCUT2D eigenvalue weighted by Crippen LogP contribution is 2.43. The van der Waals surface area contributed by atoms with Crippen LogP contribution in [-0.2, 0) is 12.8 Å². The van der Waals surface area contributed by atoms with Gasteiger partial charge in [0, 0.05) is 17.0 Å². The van der Waals surface area contributed by atoms with Gasteiger partial charge in [0.2, 0.25) is 5.89 Å². The Labute approximate surface area is 179 Å². The van der Waals surface area contributed by atoms with Gasteiger partial charge in [-0.1, -0.05) is 36.4 Å². The fourth-order valence-corrected chi connectivity index (χ4v) is 4.26. The van der Waals surface area contributed by atoms with Crippen LogP contribution in [0.2, 0.25) is 0 Å². The van der Waals surface area contributed by atoms with Gasteiger partial charge in [-0.05, 0) is 56.4 Å². The summed E-state index contributed by atoms with van der Waals surface area (Å²) in [5.74, 6) is 1.97. The zero-order valence-electron chi connectivity index (χ0n) is 17.0. The van der Waals surface area contributed by atoms with Crippen LogP contribution in [-0.4, -0.2) is 20.7 Å². The third-order valence-electron chi connectivity index (χ3n) is 5.98. The van der Waals surface area contributed by atoms with Crippen LogP contribution in [0.25, 0.3) is 17.1 Å². The number of amides is 1. The van der Waals surface area contributed by atoms with Gasteiger partial charge >= 0.3 is 0 Å². The van der Waals surface area contributed by atoms with Crippen molar-refractivity contribution < 1.29 is 9.21 Å². The van der Waals surface area contributed by atoms with Gasteiger partial charge in [-0.3, -0.25) is 4.79 Å². The average Bonchev–Trinajstić information content (AvgIpc) is 3.24. The van der Waals surface area contributed by atoms with Crippen LogP contribution < -0.4 is 5.32 Å². The third kappa shape index (κ3) is 3.24. The molecule has 2 aromatic heterocycles. The first-order valence-electron chi connectivity index (χ1n) is 10.8. The quantitative estimate of drug-likeness (QED) is 0.494. The molecule has 1 N–H and O–H groups in total. The van der Waals surface area contributed by atoms with Crippen molar-refractivity contribution in [3.63, 3.8) is 0 Å². The molecule has 6 rings (SSSR count). The molecule has 1 amide bonds. The van der Waals surface area contributed by atoms with E-state index >= 15 is 0 Å². The van der Waals surface area contributed by atoms with Gasteiger partial charge in [-0.25, -0.2) is 9.67 Å². The van der Waals surface area contributed by atoms with E-state index in [0.717, 1.165) is 60.4 Å². The summed E-state index contributed by atoms with van der Waals surface area (Å²) < 4.78 is 7.92. The Kier molecular flexibility index (Phi) is 4.23. The van der Waals surface area contributed by atoms with Crippen LogP contribution >= 0.6 is 0 Å². The number of carbonyl (C=O) groups is 1. The molecular formula is C25H22N4O2. The average molecular weight is 410 g/mol. The van der Waals surface area contributed by atoms with Gasteiger partial charge in [0.25, 0.3) is 5.91 Å². The minimum atomic E-state index is -0.236. The van der Waals surface area contributed by atoms with E-state index < -0.39 is 0 Å². The second-order valence-electron chi connectivity index (χ2n) is 8.20. The van der Waals surface area contributed by atoms with Gasteiger partial charge in [-0.2, -0.15) is 5.10 Å². The number of hydrogen-bond donors (Lipinski definition) is 1. The van der Waals surface area contributed by atoms with E-state index in [1.807, 2.05) is 65.3 Å². The number of hydrogen-bond acceptors (Lipinski definition) is 4. The lowest BCUT2D eigenvalue weighted by Crippen LogP contribution is -2.18. The zero-order chi connectivity index (χ0) is 20.8.